The monoisotopic (exact) mass is 1370 g/mol. The van der Waals surface area contributed by atoms with E-state index in [1.165, 1.54) is 103 Å². The summed E-state index contributed by atoms with van der Waals surface area (Å²) in [6, 6.07) is -1.31. The van der Waals surface area contributed by atoms with Crippen LogP contribution in [0.1, 0.15) is 291 Å². The summed E-state index contributed by atoms with van der Waals surface area (Å²) in [6.45, 7) is 11.7. The van der Waals surface area contributed by atoms with E-state index in [9.17, 15) is 38.3 Å². The highest BCUT2D eigenvalue weighted by Crippen LogP contribution is 2.44. The largest absolute Gasteiger partial charge is 0.509 e. The van der Waals surface area contributed by atoms with Gasteiger partial charge in [-0.3, -0.25) is 13.8 Å². The van der Waals surface area contributed by atoms with E-state index in [0.717, 1.165) is 141 Å². The van der Waals surface area contributed by atoms with Crippen molar-refractivity contribution in [3.8, 4) is 0 Å². The summed E-state index contributed by atoms with van der Waals surface area (Å²) in [7, 11) is -7.60. The molecule has 23 heteroatoms. The molecule has 0 radical (unpaired) electrons. The van der Waals surface area contributed by atoms with Crippen LogP contribution < -0.4 is 5.32 Å². The van der Waals surface area contributed by atoms with E-state index in [1.807, 2.05) is 0 Å². The summed E-state index contributed by atoms with van der Waals surface area (Å²) >= 11 is 0. The van der Waals surface area contributed by atoms with Crippen LogP contribution in [0.15, 0.2) is 24.8 Å². The zero-order valence-electron chi connectivity index (χ0n) is 58.7. The van der Waals surface area contributed by atoms with Crippen LogP contribution in [-0.4, -0.2) is 153 Å². The first-order valence-corrected chi connectivity index (χ1v) is 39.8. The minimum Gasteiger partial charge on any atom is -0.430 e. The number of amides is 1. The lowest BCUT2D eigenvalue weighted by molar-refractivity contribution is -0.319. The van der Waals surface area contributed by atoms with Crippen LogP contribution >= 0.6 is 15.6 Å². The SMILES string of the molecule is C=CCOC(=O)O[C@H]1[C@H](OCCCCCCCCCCCC)[C@@H](OCCCCCCCCCCCC)[C@@H](OP(=O)(O)O)O[C@@H]1CO[C@@H]1O[C@H](COC)[C@@H](OP(=O)(O)O)[C@H](OCC[C@@H](CCCCCCC)OC)[C@H]1NC(=O)CCCCCCCCC/C=C\CCCCCC. The smallest absolute Gasteiger partial charge is 0.430 e. The first-order valence-electron chi connectivity index (χ1n) is 36.7. The number of nitrogens with one attached hydrogen (secondary N) is 1. The number of hydrogen-bond donors (Lipinski definition) is 5. The Bertz CT molecular complexity index is 1930. The van der Waals surface area contributed by atoms with E-state index in [1.54, 1.807) is 7.11 Å². The first-order chi connectivity index (χ1) is 45.1. The molecule has 0 aromatic heterocycles. The van der Waals surface area contributed by atoms with E-state index >= 15 is 0 Å². The Kier molecular flexibility index (Phi) is 53.4. The van der Waals surface area contributed by atoms with Crippen LogP contribution in [0.4, 0.5) is 4.79 Å². The maximum Gasteiger partial charge on any atom is 0.509 e. The van der Waals surface area contributed by atoms with Crippen LogP contribution in [0.5, 0.6) is 0 Å². The Hall–Kier alpha value is -1.88. The maximum absolute atomic E-state index is 14.3. The number of carbonyl (C=O) groups excluding carboxylic acids is 2. The van der Waals surface area contributed by atoms with Gasteiger partial charge in [-0.05, 0) is 57.8 Å². The van der Waals surface area contributed by atoms with Gasteiger partial charge < -0.3 is 72.3 Å². The van der Waals surface area contributed by atoms with Gasteiger partial charge in [0.05, 0.1) is 19.3 Å². The molecule has 0 aliphatic carbocycles. The number of hydrogen-bond acceptors (Lipinski definition) is 16. The second-order valence-electron chi connectivity index (χ2n) is 25.6. The van der Waals surface area contributed by atoms with Crippen molar-refractivity contribution in [1.29, 1.82) is 0 Å². The minimum atomic E-state index is -5.33. The third-order valence-corrected chi connectivity index (χ3v) is 18.4. The van der Waals surface area contributed by atoms with Crippen LogP contribution in [-0.2, 0) is 70.3 Å². The Balaban J connectivity index is 2.59. The third-order valence-electron chi connectivity index (χ3n) is 17.4. The molecule has 1 amide bonds. The third kappa shape index (κ3) is 44.0. The summed E-state index contributed by atoms with van der Waals surface area (Å²) in [4.78, 5) is 69.7. The minimum absolute atomic E-state index is 0.0156. The van der Waals surface area contributed by atoms with E-state index in [-0.39, 0.29) is 45.6 Å². The molecule has 0 aromatic rings. The lowest BCUT2D eigenvalue weighted by atomic mass is 9.95. The van der Waals surface area contributed by atoms with E-state index in [2.05, 4.69) is 51.7 Å². The van der Waals surface area contributed by atoms with E-state index in [4.69, 9.17) is 56.4 Å². The number of ether oxygens (including phenoxy) is 10. The molecule has 0 aromatic carbocycles. The van der Waals surface area contributed by atoms with Crippen molar-refractivity contribution >= 4 is 27.7 Å². The standard InChI is InChI=1S/C70H133NO20P2/c1-8-13-17-21-24-27-30-31-32-33-34-35-38-42-46-50-61(72)71-62-65(84-55-51-58(81-7)49-45-41-20-16-11-4)64(90-92(74,75)76)59(56-80-6)87-68(62)86-57-60-63(89-70(73)85-52-12-5)66(82-53-47-43-39-36-28-25-22-18-14-9-2)67(69(88-60)91-93(77,78)79)83-54-48-44-40-37-29-26-23-19-15-10-3/h12,27,30,58-60,62-69H,5,8-11,13-26,28-29,31-57H2,1-4,6-7H3,(H,71,72)(H2,74,75,76)(H2,77,78,79)/b30-27-/t58-,59-,60-,62-,63-,64-,65-,66+,67-,68-,69-/m1/s1. The van der Waals surface area contributed by atoms with Crippen molar-refractivity contribution in [2.45, 2.75) is 358 Å². The molecule has 11 atom stereocenters. The topological polar surface area (TPSA) is 272 Å². The average Bonchev–Trinajstić information content (AvgIpc) is 0.807. The molecule has 2 saturated heterocycles. The fourth-order valence-electron chi connectivity index (χ4n) is 12.1. The van der Waals surface area contributed by atoms with Gasteiger partial charge in [-0.1, -0.05) is 252 Å². The molecular formula is C70H133NO20P2. The quantitative estimate of drug-likeness (QED) is 0.0164. The summed E-state index contributed by atoms with van der Waals surface area (Å²) in [6.07, 6.45) is 33.5. The molecule has 0 unspecified atom stereocenters. The lowest BCUT2D eigenvalue weighted by Gasteiger charge is -2.47. The predicted octanol–water partition coefficient (Wildman–Crippen LogP) is 16.7. The van der Waals surface area contributed by atoms with Gasteiger partial charge in [-0.25, -0.2) is 13.9 Å². The van der Waals surface area contributed by atoms with Crippen molar-refractivity contribution in [2.75, 3.05) is 53.9 Å². The summed E-state index contributed by atoms with van der Waals surface area (Å²) in [5, 5.41) is 3.03. The van der Waals surface area contributed by atoms with Crippen molar-refractivity contribution in [1.82, 2.24) is 5.32 Å². The molecule has 0 bridgehead atoms. The number of phosphoric ester groups is 2. The number of methoxy groups -OCH3 is 2. The molecule has 2 aliphatic rings. The fraction of sp³-hybridized carbons (Fsp3) is 0.914. The van der Waals surface area contributed by atoms with Gasteiger partial charge in [0.15, 0.2) is 18.7 Å². The number of allylic oxidation sites excluding steroid dienone is 2. The van der Waals surface area contributed by atoms with Gasteiger partial charge >= 0.3 is 21.8 Å². The Morgan fingerprint density at radius 3 is 1.42 bits per heavy atom. The lowest BCUT2D eigenvalue weighted by Crippen LogP contribution is -2.67. The Labute approximate surface area is 562 Å². The molecule has 5 N–H and O–H groups in total. The van der Waals surface area contributed by atoms with Crippen molar-refractivity contribution in [3.05, 3.63) is 24.8 Å². The second-order valence-corrected chi connectivity index (χ2v) is 28.0. The highest BCUT2D eigenvalue weighted by Gasteiger charge is 2.55. The van der Waals surface area contributed by atoms with E-state index in [0.29, 0.717) is 25.7 Å². The van der Waals surface area contributed by atoms with Gasteiger partial charge in [-0.15, -0.1) is 0 Å². The van der Waals surface area contributed by atoms with Gasteiger partial charge in [-0.2, -0.15) is 0 Å². The van der Waals surface area contributed by atoms with Crippen molar-refractivity contribution in [2.24, 2.45) is 0 Å². The summed E-state index contributed by atoms with van der Waals surface area (Å²) in [5.41, 5.74) is 0. The zero-order chi connectivity index (χ0) is 68.1. The summed E-state index contributed by atoms with van der Waals surface area (Å²) in [5.74, 6) is -0.410. The van der Waals surface area contributed by atoms with Gasteiger partial charge in [0, 0.05) is 40.5 Å². The van der Waals surface area contributed by atoms with Crippen LogP contribution in [0, 0.1) is 0 Å². The number of carbonyl (C=O) groups is 2. The molecule has 0 saturated carbocycles. The van der Waals surface area contributed by atoms with Crippen LogP contribution in [0.2, 0.25) is 0 Å². The van der Waals surface area contributed by atoms with Crippen LogP contribution in [0.3, 0.4) is 0 Å². The van der Waals surface area contributed by atoms with Gasteiger partial charge in [0.2, 0.25) is 5.91 Å². The Morgan fingerprint density at radius 1 is 0.484 bits per heavy atom. The molecule has 93 heavy (non-hydrogen) atoms. The average molecular weight is 1370 g/mol. The molecule has 2 heterocycles. The van der Waals surface area contributed by atoms with Gasteiger partial charge in [0.1, 0.15) is 49.3 Å². The molecule has 2 aliphatic heterocycles. The second kappa shape index (κ2) is 56.9. The highest BCUT2D eigenvalue weighted by molar-refractivity contribution is 7.46. The van der Waals surface area contributed by atoms with E-state index < -0.39 is 95.7 Å². The van der Waals surface area contributed by atoms with Gasteiger partial charge in [0.25, 0.3) is 0 Å². The number of unbranched alkanes of at least 4 members (excludes halogenated alkanes) is 33. The maximum atomic E-state index is 14.3. The molecule has 0 spiro atoms. The normalized spacial score (nSPS) is 22.3. The highest BCUT2D eigenvalue weighted by atomic mass is 31.2. The predicted molar refractivity (Wildman–Crippen MR) is 365 cm³/mol. The fourth-order valence-corrected chi connectivity index (χ4v) is 13.1. The first kappa shape index (κ1) is 87.2. The van der Waals surface area contributed by atoms with Crippen molar-refractivity contribution < 1.29 is 94.7 Å². The molecule has 2 rings (SSSR count). The van der Waals surface area contributed by atoms with Crippen molar-refractivity contribution in [3.63, 3.8) is 0 Å². The van der Waals surface area contributed by atoms with Crippen LogP contribution in [0.25, 0.3) is 0 Å². The molecule has 21 nitrogen and oxygen atoms in total. The summed E-state index contributed by atoms with van der Waals surface area (Å²) < 4.78 is 98.9. The number of phosphoric acid groups is 2. The zero-order valence-corrected chi connectivity index (χ0v) is 60.5. The molecule has 2 fully saturated rings. The molecule has 548 valence electrons. The Morgan fingerprint density at radius 2 is 0.925 bits per heavy atom. The molecular weight excluding hydrogens is 1240 g/mol. The number of rotatable bonds is 63.